The summed E-state index contributed by atoms with van der Waals surface area (Å²) in [6.45, 7) is 4.15. The van der Waals surface area contributed by atoms with Gasteiger partial charge in [-0.05, 0) is 37.9 Å². The van der Waals surface area contributed by atoms with Crippen LogP contribution in [0.15, 0.2) is 24.3 Å². The van der Waals surface area contributed by atoms with Gasteiger partial charge in [0.2, 0.25) is 0 Å². The van der Waals surface area contributed by atoms with Gasteiger partial charge in [-0.2, -0.15) is 0 Å². The smallest absolute Gasteiger partial charge is 0.315 e. The maximum atomic E-state index is 11.1. The number of benzene rings is 1. The fourth-order valence-corrected chi connectivity index (χ4v) is 2.65. The Morgan fingerprint density at radius 2 is 2.15 bits per heavy atom. The summed E-state index contributed by atoms with van der Waals surface area (Å²) in [6.07, 6.45) is 2.05. The molecule has 0 bridgehead atoms. The van der Waals surface area contributed by atoms with Gasteiger partial charge in [-0.1, -0.05) is 29.8 Å². The number of thioether (sulfide) groups is 1. The molecule has 1 aromatic rings. The predicted molar refractivity (Wildman–Crippen MR) is 86.6 cm³/mol. The summed E-state index contributed by atoms with van der Waals surface area (Å²) in [7, 11) is 0. The van der Waals surface area contributed by atoms with Crippen LogP contribution in [-0.2, 0) is 16.0 Å². The number of nitrogens with one attached hydrogen (secondary N) is 1. The average molecular weight is 316 g/mol. The minimum Gasteiger partial charge on any atom is -0.465 e. The van der Waals surface area contributed by atoms with Gasteiger partial charge < -0.3 is 10.1 Å². The van der Waals surface area contributed by atoms with Crippen LogP contribution < -0.4 is 5.32 Å². The molecule has 0 saturated heterocycles. The van der Waals surface area contributed by atoms with Crippen molar-refractivity contribution >= 4 is 29.3 Å². The maximum absolute atomic E-state index is 11.1. The standard InChI is InChI=1S/C15H22ClNO2S/c1-2-19-15(18)12-20-11-10-17-9-5-7-13-6-3-4-8-14(13)16/h3-4,6,8,17H,2,5,7,9-12H2,1H3. The largest absolute Gasteiger partial charge is 0.465 e. The van der Waals surface area contributed by atoms with Crippen molar-refractivity contribution in [2.45, 2.75) is 19.8 Å². The Kier molecular flexibility index (Phi) is 9.54. The van der Waals surface area contributed by atoms with E-state index in [1.54, 1.807) is 11.8 Å². The maximum Gasteiger partial charge on any atom is 0.315 e. The highest BCUT2D eigenvalue weighted by molar-refractivity contribution is 7.99. The van der Waals surface area contributed by atoms with Crippen LogP contribution in [0.5, 0.6) is 0 Å². The van der Waals surface area contributed by atoms with Gasteiger partial charge in [0, 0.05) is 17.3 Å². The van der Waals surface area contributed by atoms with E-state index in [0.29, 0.717) is 12.4 Å². The summed E-state index contributed by atoms with van der Waals surface area (Å²) in [5.41, 5.74) is 1.20. The summed E-state index contributed by atoms with van der Waals surface area (Å²) in [5, 5.41) is 4.21. The van der Waals surface area contributed by atoms with Gasteiger partial charge in [0.15, 0.2) is 0 Å². The van der Waals surface area contributed by atoms with Gasteiger partial charge in [0.1, 0.15) is 0 Å². The van der Waals surface area contributed by atoms with Gasteiger partial charge in [-0.3, -0.25) is 4.79 Å². The van der Waals surface area contributed by atoms with E-state index in [0.717, 1.165) is 36.7 Å². The Hall–Kier alpha value is -0.710. The van der Waals surface area contributed by atoms with Gasteiger partial charge >= 0.3 is 5.97 Å². The highest BCUT2D eigenvalue weighted by atomic mass is 35.5. The molecular formula is C15H22ClNO2S. The van der Waals surface area contributed by atoms with Crippen LogP contribution in [0.3, 0.4) is 0 Å². The first-order chi connectivity index (χ1) is 9.74. The van der Waals surface area contributed by atoms with Gasteiger partial charge in [0.25, 0.3) is 0 Å². The van der Waals surface area contributed by atoms with Crippen molar-refractivity contribution in [3.05, 3.63) is 34.9 Å². The zero-order valence-corrected chi connectivity index (χ0v) is 13.4. The third kappa shape index (κ3) is 7.78. The lowest BCUT2D eigenvalue weighted by molar-refractivity contribution is -0.139. The number of ether oxygens (including phenoxy) is 1. The van der Waals surface area contributed by atoms with E-state index in [1.807, 2.05) is 25.1 Å². The number of esters is 1. The molecule has 0 heterocycles. The Morgan fingerprint density at radius 1 is 1.35 bits per heavy atom. The van der Waals surface area contributed by atoms with Crippen LogP contribution >= 0.6 is 23.4 Å². The molecule has 20 heavy (non-hydrogen) atoms. The molecule has 0 aliphatic carbocycles. The summed E-state index contributed by atoms with van der Waals surface area (Å²) < 4.78 is 4.85. The van der Waals surface area contributed by atoms with Crippen LogP contribution in [0.2, 0.25) is 5.02 Å². The number of rotatable bonds is 10. The predicted octanol–water partition coefficient (Wildman–Crippen LogP) is 3.16. The fourth-order valence-electron chi connectivity index (χ4n) is 1.73. The number of hydrogen-bond donors (Lipinski definition) is 1. The number of carbonyl (C=O) groups excluding carboxylic acids is 1. The number of aryl methyl sites for hydroxylation is 1. The Bertz CT molecular complexity index is 401. The first-order valence-corrected chi connectivity index (χ1v) is 8.44. The minimum absolute atomic E-state index is 0.129. The van der Waals surface area contributed by atoms with Gasteiger partial charge in [0.05, 0.1) is 12.4 Å². The molecule has 1 aromatic carbocycles. The molecule has 0 unspecified atom stereocenters. The van der Waals surface area contributed by atoms with E-state index in [2.05, 4.69) is 11.4 Å². The van der Waals surface area contributed by atoms with Gasteiger partial charge in [-0.15, -0.1) is 11.8 Å². The molecule has 0 aromatic heterocycles. The quantitative estimate of drug-likeness (QED) is 0.532. The highest BCUT2D eigenvalue weighted by Crippen LogP contribution is 2.16. The average Bonchev–Trinajstić information content (AvgIpc) is 2.44. The zero-order valence-electron chi connectivity index (χ0n) is 11.9. The van der Waals surface area contributed by atoms with E-state index in [4.69, 9.17) is 16.3 Å². The van der Waals surface area contributed by atoms with E-state index in [-0.39, 0.29) is 5.97 Å². The summed E-state index contributed by atoms with van der Waals surface area (Å²) in [5.74, 6) is 1.23. The molecule has 112 valence electrons. The summed E-state index contributed by atoms with van der Waals surface area (Å²) >= 11 is 7.69. The molecule has 5 heteroatoms. The molecule has 3 nitrogen and oxygen atoms in total. The molecule has 0 atom stereocenters. The molecule has 0 radical (unpaired) electrons. The van der Waals surface area contributed by atoms with Crippen LogP contribution in [0.25, 0.3) is 0 Å². The summed E-state index contributed by atoms with van der Waals surface area (Å²) in [6, 6.07) is 7.96. The third-order valence-electron chi connectivity index (χ3n) is 2.71. The van der Waals surface area contributed by atoms with E-state index in [1.165, 1.54) is 5.56 Å². The van der Waals surface area contributed by atoms with Crippen molar-refractivity contribution in [1.82, 2.24) is 5.32 Å². The van der Waals surface area contributed by atoms with Crippen LogP contribution in [-0.4, -0.2) is 37.2 Å². The molecule has 0 spiro atoms. The number of hydrogen-bond acceptors (Lipinski definition) is 4. The van der Waals surface area contributed by atoms with Crippen LogP contribution in [0.4, 0.5) is 0 Å². The van der Waals surface area contributed by atoms with Crippen molar-refractivity contribution in [2.24, 2.45) is 0 Å². The second-order valence-electron chi connectivity index (χ2n) is 4.30. The minimum atomic E-state index is -0.129. The topological polar surface area (TPSA) is 38.3 Å². The first kappa shape index (κ1) is 17.3. The third-order valence-corrected chi connectivity index (χ3v) is 4.01. The van der Waals surface area contributed by atoms with E-state index >= 15 is 0 Å². The Labute approximate surface area is 130 Å². The second-order valence-corrected chi connectivity index (χ2v) is 5.81. The normalized spacial score (nSPS) is 10.5. The van der Waals surface area contributed by atoms with Gasteiger partial charge in [-0.25, -0.2) is 0 Å². The monoisotopic (exact) mass is 315 g/mol. The zero-order chi connectivity index (χ0) is 14.6. The molecule has 0 saturated carbocycles. The Morgan fingerprint density at radius 3 is 2.90 bits per heavy atom. The van der Waals surface area contributed by atoms with Crippen LogP contribution in [0.1, 0.15) is 18.9 Å². The van der Waals surface area contributed by atoms with Crippen LogP contribution in [0, 0.1) is 0 Å². The first-order valence-electron chi connectivity index (χ1n) is 6.91. The van der Waals surface area contributed by atoms with Crippen molar-refractivity contribution < 1.29 is 9.53 Å². The second kappa shape index (κ2) is 11.0. The van der Waals surface area contributed by atoms with Crippen molar-refractivity contribution in [3.8, 4) is 0 Å². The fraction of sp³-hybridized carbons (Fsp3) is 0.533. The molecule has 0 fully saturated rings. The lowest BCUT2D eigenvalue weighted by atomic mass is 10.1. The van der Waals surface area contributed by atoms with Crippen molar-refractivity contribution in [1.29, 1.82) is 0 Å². The Balaban J connectivity index is 1.95. The molecule has 1 rings (SSSR count). The SMILES string of the molecule is CCOC(=O)CSCCNCCCc1ccccc1Cl. The lowest BCUT2D eigenvalue weighted by Gasteiger charge is -2.06. The molecule has 1 N–H and O–H groups in total. The number of carbonyl (C=O) groups is 1. The van der Waals surface area contributed by atoms with Crippen molar-refractivity contribution in [3.63, 3.8) is 0 Å². The highest BCUT2D eigenvalue weighted by Gasteiger charge is 2.01. The molecule has 0 aliphatic rings. The molecule has 0 amide bonds. The summed E-state index contributed by atoms with van der Waals surface area (Å²) in [4.78, 5) is 11.1. The molecule has 0 aliphatic heterocycles. The molecular weight excluding hydrogens is 294 g/mol. The lowest BCUT2D eigenvalue weighted by Crippen LogP contribution is -2.19. The van der Waals surface area contributed by atoms with E-state index in [9.17, 15) is 4.79 Å². The van der Waals surface area contributed by atoms with E-state index < -0.39 is 0 Å². The van der Waals surface area contributed by atoms with Crippen molar-refractivity contribution in [2.75, 3.05) is 31.2 Å². The number of halogens is 1.